The zero-order valence-electron chi connectivity index (χ0n) is 14.0. The van der Waals surface area contributed by atoms with Gasteiger partial charge in [-0.3, -0.25) is 4.98 Å². The van der Waals surface area contributed by atoms with Crippen molar-refractivity contribution in [1.29, 1.82) is 0 Å². The first kappa shape index (κ1) is 16.3. The van der Waals surface area contributed by atoms with Crippen molar-refractivity contribution in [2.45, 2.75) is 26.7 Å². The molecule has 3 rings (SSSR count). The SMILES string of the molecule is Cc1csc(=Nc2ccc(C(C)C)cc2)n1N=Cc1ccncc1. The molecule has 0 fully saturated rings. The highest BCUT2D eigenvalue weighted by atomic mass is 32.1. The van der Waals surface area contributed by atoms with Crippen molar-refractivity contribution in [3.63, 3.8) is 0 Å². The van der Waals surface area contributed by atoms with Crippen molar-refractivity contribution >= 4 is 23.2 Å². The molecule has 0 saturated carbocycles. The molecule has 5 heteroatoms. The van der Waals surface area contributed by atoms with Gasteiger partial charge >= 0.3 is 0 Å². The van der Waals surface area contributed by atoms with E-state index in [9.17, 15) is 0 Å². The van der Waals surface area contributed by atoms with Gasteiger partial charge in [-0.2, -0.15) is 5.10 Å². The van der Waals surface area contributed by atoms with Crippen molar-refractivity contribution in [2.75, 3.05) is 0 Å². The van der Waals surface area contributed by atoms with Gasteiger partial charge in [0.25, 0.3) is 0 Å². The van der Waals surface area contributed by atoms with Crippen LogP contribution in [0.15, 0.2) is 64.3 Å². The molecule has 0 aliphatic heterocycles. The Morgan fingerprint density at radius 1 is 1.08 bits per heavy atom. The van der Waals surface area contributed by atoms with Crippen molar-refractivity contribution in [3.05, 3.63) is 75.8 Å². The van der Waals surface area contributed by atoms with Crippen LogP contribution in [0.3, 0.4) is 0 Å². The van der Waals surface area contributed by atoms with Crippen molar-refractivity contribution < 1.29 is 0 Å². The molecule has 0 atom stereocenters. The largest absolute Gasteiger partial charge is 0.265 e. The van der Waals surface area contributed by atoms with Gasteiger partial charge < -0.3 is 0 Å². The lowest BCUT2D eigenvalue weighted by molar-refractivity contribution is 0.809. The maximum atomic E-state index is 4.73. The van der Waals surface area contributed by atoms with E-state index < -0.39 is 0 Å². The topological polar surface area (TPSA) is 42.5 Å². The Morgan fingerprint density at radius 3 is 2.46 bits per heavy atom. The summed E-state index contributed by atoms with van der Waals surface area (Å²) in [6, 6.07) is 12.2. The summed E-state index contributed by atoms with van der Waals surface area (Å²) < 4.78 is 1.86. The lowest BCUT2D eigenvalue weighted by Crippen LogP contribution is -2.11. The zero-order chi connectivity index (χ0) is 16.9. The molecule has 0 spiro atoms. The van der Waals surface area contributed by atoms with Crippen LogP contribution in [0.4, 0.5) is 5.69 Å². The summed E-state index contributed by atoms with van der Waals surface area (Å²) in [5.41, 5.74) is 4.33. The minimum absolute atomic E-state index is 0.526. The van der Waals surface area contributed by atoms with Gasteiger partial charge in [0.05, 0.1) is 17.6 Å². The summed E-state index contributed by atoms with van der Waals surface area (Å²) in [7, 11) is 0. The average molecular weight is 336 g/mol. The molecule has 2 aromatic heterocycles. The second-order valence-corrected chi connectivity index (χ2v) is 6.69. The number of nitrogens with zero attached hydrogens (tertiary/aromatic N) is 4. The van der Waals surface area contributed by atoms with Gasteiger partial charge in [-0.25, -0.2) is 9.67 Å². The van der Waals surface area contributed by atoms with E-state index >= 15 is 0 Å². The number of pyridine rings is 1. The second kappa shape index (κ2) is 7.36. The van der Waals surface area contributed by atoms with Gasteiger partial charge in [-0.15, -0.1) is 11.3 Å². The Bertz CT molecular complexity index is 887. The molecule has 3 aromatic rings. The molecule has 0 amide bonds. The van der Waals surface area contributed by atoms with Crippen LogP contribution in [0.25, 0.3) is 0 Å². The maximum Gasteiger partial charge on any atom is 0.211 e. The molecule has 4 nitrogen and oxygen atoms in total. The highest BCUT2D eigenvalue weighted by Gasteiger charge is 2.01. The fourth-order valence-corrected chi connectivity index (χ4v) is 3.05. The predicted octanol–water partition coefficient (Wildman–Crippen LogP) is 4.49. The Morgan fingerprint density at radius 2 is 1.79 bits per heavy atom. The highest BCUT2D eigenvalue weighted by Crippen LogP contribution is 2.18. The summed E-state index contributed by atoms with van der Waals surface area (Å²) in [6.07, 6.45) is 5.34. The van der Waals surface area contributed by atoms with Gasteiger partial charge in [-0.1, -0.05) is 26.0 Å². The van der Waals surface area contributed by atoms with Gasteiger partial charge in [0.15, 0.2) is 0 Å². The van der Waals surface area contributed by atoms with Gasteiger partial charge in [0, 0.05) is 17.8 Å². The standard InChI is InChI=1S/C19H20N4S/c1-14(2)17-4-6-18(7-5-17)22-19-23(15(3)13-24-19)21-12-16-8-10-20-11-9-16/h4-14H,1-3H3. The smallest absolute Gasteiger partial charge is 0.211 e. The number of thiazole rings is 1. The third-order valence-electron chi connectivity index (χ3n) is 3.66. The number of rotatable bonds is 4. The molecule has 0 saturated heterocycles. The van der Waals surface area contributed by atoms with Crippen LogP contribution in [-0.4, -0.2) is 15.9 Å². The molecule has 0 N–H and O–H groups in total. The molecule has 0 bridgehead atoms. The Hall–Kier alpha value is -2.53. The van der Waals surface area contributed by atoms with Crippen LogP contribution in [0, 0.1) is 6.92 Å². The lowest BCUT2D eigenvalue weighted by atomic mass is 10.0. The Kier molecular flexibility index (Phi) is 5.01. The van der Waals surface area contributed by atoms with Crippen molar-refractivity contribution in [1.82, 2.24) is 9.66 Å². The monoisotopic (exact) mass is 336 g/mol. The molecule has 24 heavy (non-hydrogen) atoms. The normalized spacial score (nSPS) is 12.4. The molecule has 0 radical (unpaired) electrons. The first-order valence-electron chi connectivity index (χ1n) is 7.89. The third-order valence-corrected chi connectivity index (χ3v) is 4.60. The number of aryl methyl sites for hydroxylation is 1. The molecule has 0 unspecified atom stereocenters. The zero-order valence-corrected chi connectivity index (χ0v) is 14.9. The molecule has 0 aliphatic carbocycles. The van der Waals surface area contributed by atoms with Crippen molar-refractivity contribution in [2.24, 2.45) is 10.1 Å². The Labute approximate surface area is 145 Å². The van der Waals surface area contributed by atoms with Crippen LogP contribution in [0.5, 0.6) is 0 Å². The highest BCUT2D eigenvalue weighted by molar-refractivity contribution is 7.07. The quantitative estimate of drug-likeness (QED) is 0.647. The van der Waals surface area contributed by atoms with E-state index in [1.165, 1.54) is 5.56 Å². The fourth-order valence-electron chi connectivity index (χ4n) is 2.22. The van der Waals surface area contributed by atoms with E-state index in [2.05, 4.69) is 53.6 Å². The molecular formula is C19H20N4S. The number of aromatic nitrogens is 2. The van der Waals surface area contributed by atoms with E-state index in [0.29, 0.717) is 5.92 Å². The van der Waals surface area contributed by atoms with Gasteiger partial charge in [-0.05, 0) is 48.2 Å². The number of benzene rings is 1. The summed E-state index contributed by atoms with van der Waals surface area (Å²) in [5, 5.41) is 6.62. The van der Waals surface area contributed by atoms with Crippen LogP contribution < -0.4 is 4.80 Å². The van der Waals surface area contributed by atoms with E-state index in [0.717, 1.165) is 21.7 Å². The van der Waals surface area contributed by atoms with Gasteiger partial charge in [0.1, 0.15) is 0 Å². The minimum Gasteiger partial charge on any atom is -0.265 e. The average Bonchev–Trinajstić information content (AvgIpc) is 2.94. The molecule has 122 valence electrons. The molecule has 0 aliphatic rings. The number of hydrogen-bond acceptors (Lipinski definition) is 4. The van der Waals surface area contributed by atoms with E-state index in [-0.39, 0.29) is 0 Å². The summed E-state index contributed by atoms with van der Waals surface area (Å²) in [4.78, 5) is 9.60. The van der Waals surface area contributed by atoms with Crippen LogP contribution in [-0.2, 0) is 0 Å². The van der Waals surface area contributed by atoms with Crippen molar-refractivity contribution in [3.8, 4) is 0 Å². The van der Waals surface area contributed by atoms with Crippen LogP contribution in [0.1, 0.15) is 36.6 Å². The number of hydrogen-bond donors (Lipinski definition) is 0. The lowest BCUT2D eigenvalue weighted by Gasteiger charge is -2.04. The molecule has 2 heterocycles. The summed E-state index contributed by atoms with van der Waals surface area (Å²) in [6.45, 7) is 6.41. The van der Waals surface area contributed by atoms with Crippen LogP contribution >= 0.6 is 11.3 Å². The van der Waals surface area contributed by atoms with E-state index in [4.69, 9.17) is 4.99 Å². The molecular weight excluding hydrogens is 316 g/mol. The molecule has 1 aromatic carbocycles. The Balaban J connectivity index is 1.93. The summed E-state index contributed by atoms with van der Waals surface area (Å²) >= 11 is 1.59. The maximum absolute atomic E-state index is 4.73. The first-order chi connectivity index (χ1) is 11.6. The van der Waals surface area contributed by atoms with E-state index in [1.807, 2.05) is 29.9 Å². The summed E-state index contributed by atoms with van der Waals surface area (Å²) in [5.74, 6) is 0.526. The third kappa shape index (κ3) is 3.86. The first-order valence-corrected chi connectivity index (χ1v) is 8.77. The second-order valence-electron chi connectivity index (χ2n) is 5.85. The van der Waals surface area contributed by atoms with E-state index in [1.54, 1.807) is 23.7 Å². The van der Waals surface area contributed by atoms with Crippen LogP contribution in [0.2, 0.25) is 0 Å². The predicted molar refractivity (Wildman–Crippen MR) is 100 cm³/mol. The fraction of sp³-hybridized carbons (Fsp3) is 0.211. The van der Waals surface area contributed by atoms with Gasteiger partial charge in [0.2, 0.25) is 4.80 Å². The minimum atomic E-state index is 0.526.